The summed E-state index contributed by atoms with van der Waals surface area (Å²) < 4.78 is 26.7. The van der Waals surface area contributed by atoms with Crippen molar-refractivity contribution in [3.8, 4) is 0 Å². The highest BCUT2D eigenvalue weighted by Gasteiger charge is 2.31. The summed E-state index contributed by atoms with van der Waals surface area (Å²) in [7, 11) is -3.86. The highest BCUT2D eigenvalue weighted by molar-refractivity contribution is 7.91. The number of rotatable bonds is 6. The first-order chi connectivity index (χ1) is 11.8. The minimum Gasteiger partial charge on any atom is -0.375 e. The van der Waals surface area contributed by atoms with Gasteiger partial charge in [-0.25, -0.2) is 8.42 Å². The van der Waals surface area contributed by atoms with Gasteiger partial charge in [-0.15, -0.1) is 11.3 Å². The van der Waals surface area contributed by atoms with E-state index < -0.39 is 21.7 Å². The van der Waals surface area contributed by atoms with Gasteiger partial charge in [0.05, 0.1) is 6.42 Å². The Morgan fingerprint density at radius 2 is 2.08 bits per heavy atom. The largest absolute Gasteiger partial charge is 0.375 e. The van der Waals surface area contributed by atoms with Crippen LogP contribution in [0.2, 0.25) is 0 Å². The predicted octanol–water partition coefficient (Wildman–Crippen LogP) is 2.25. The SMILES string of the molecule is CC(O)(CC(=O)Nc1cccc2c1CCC2)NS(=O)(=O)c1cccs1. The van der Waals surface area contributed by atoms with E-state index in [0.717, 1.165) is 41.9 Å². The molecule has 25 heavy (non-hydrogen) atoms. The van der Waals surface area contributed by atoms with Gasteiger partial charge in [-0.2, -0.15) is 4.72 Å². The second-order valence-corrected chi connectivity index (χ2v) is 9.19. The highest BCUT2D eigenvalue weighted by Crippen LogP contribution is 2.29. The van der Waals surface area contributed by atoms with E-state index in [0.29, 0.717) is 0 Å². The molecule has 3 rings (SSSR count). The van der Waals surface area contributed by atoms with Crippen LogP contribution in [0.5, 0.6) is 0 Å². The number of amides is 1. The molecule has 1 aromatic carbocycles. The number of aryl methyl sites for hydroxylation is 1. The van der Waals surface area contributed by atoms with E-state index in [-0.39, 0.29) is 10.6 Å². The summed E-state index contributed by atoms with van der Waals surface area (Å²) in [5.41, 5.74) is 1.19. The fraction of sp³-hybridized carbons (Fsp3) is 0.353. The Labute approximate surface area is 150 Å². The number of aliphatic hydroxyl groups is 1. The Morgan fingerprint density at radius 3 is 2.80 bits per heavy atom. The average molecular weight is 380 g/mol. The maximum absolute atomic E-state index is 12.3. The molecule has 8 heteroatoms. The third kappa shape index (κ3) is 4.27. The molecule has 0 saturated carbocycles. The smallest absolute Gasteiger partial charge is 0.252 e. The molecule has 0 radical (unpaired) electrons. The number of sulfonamides is 1. The maximum Gasteiger partial charge on any atom is 0.252 e. The van der Waals surface area contributed by atoms with Gasteiger partial charge in [0, 0.05) is 5.69 Å². The van der Waals surface area contributed by atoms with E-state index in [1.165, 1.54) is 18.6 Å². The number of fused-ring (bicyclic) bond motifs is 1. The molecule has 1 aromatic heterocycles. The molecule has 1 aliphatic carbocycles. The standard InChI is InChI=1S/C17H20N2O4S2/c1-17(21,19-25(22,23)16-9-4-10-24-16)11-15(20)18-14-8-3-6-12-5-2-7-13(12)14/h3-4,6,8-10,19,21H,2,5,7,11H2,1H3,(H,18,20). The zero-order chi connectivity index (χ0) is 18.1. The van der Waals surface area contributed by atoms with Gasteiger partial charge < -0.3 is 10.4 Å². The number of hydrogen-bond acceptors (Lipinski definition) is 5. The lowest BCUT2D eigenvalue weighted by Gasteiger charge is -2.23. The lowest BCUT2D eigenvalue weighted by atomic mass is 10.1. The van der Waals surface area contributed by atoms with Crippen LogP contribution in [-0.2, 0) is 27.7 Å². The summed E-state index contributed by atoms with van der Waals surface area (Å²) in [6.45, 7) is 1.27. The zero-order valence-corrected chi connectivity index (χ0v) is 15.4. The van der Waals surface area contributed by atoms with Crippen LogP contribution in [0.3, 0.4) is 0 Å². The molecule has 0 bridgehead atoms. The van der Waals surface area contributed by atoms with Gasteiger partial charge in [-0.05, 0) is 54.8 Å². The Kier molecular flexibility index (Phi) is 4.97. The van der Waals surface area contributed by atoms with Crippen LogP contribution in [0.25, 0.3) is 0 Å². The molecule has 0 aliphatic heterocycles. The molecular formula is C17H20N2O4S2. The summed E-state index contributed by atoms with van der Waals surface area (Å²) >= 11 is 1.04. The topological polar surface area (TPSA) is 95.5 Å². The van der Waals surface area contributed by atoms with Gasteiger partial charge in [-0.3, -0.25) is 4.79 Å². The van der Waals surface area contributed by atoms with Gasteiger partial charge in [0.2, 0.25) is 5.91 Å². The van der Waals surface area contributed by atoms with Gasteiger partial charge in [0.15, 0.2) is 0 Å². The van der Waals surface area contributed by atoms with Crippen molar-refractivity contribution in [2.45, 2.75) is 42.5 Å². The molecule has 0 saturated heterocycles. The van der Waals surface area contributed by atoms with Gasteiger partial charge in [0.25, 0.3) is 10.0 Å². The second-order valence-electron chi connectivity index (χ2n) is 6.33. The summed E-state index contributed by atoms with van der Waals surface area (Å²) in [5, 5.41) is 14.8. The summed E-state index contributed by atoms with van der Waals surface area (Å²) in [6, 6.07) is 8.81. The highest BCUT2D eigenvalue weighted by atomic mass is 32.2. The van der Waals surface area contributed by atoms with Crippen LogP contribution >= 0.6 is 11.3 Å². The Morgan fingerprint density at radius 1 is 1.28 bits per heavy atom. The normalized spacial score (nSPS) is 16.2. The molecule has 0 fully saturated rings. The maximum atomic E-state index is 12.3. The van der Waals surface area contributed by atoms with E-state index in [2.05, 4.69) is 10.0 Å². The Hall–Kier alpha value is -1.74. The van der Waals surface area contributed by atoms with Crippen LogP contribution in [0, 0.1) is 0 Å². The minimum absolute atomic E-state index is 0.0917. The fourth-order valence-corrected chi connectivity index (χ4v) is 5.29. The first-order valence-electron chi connectivity index (χ1n) is 7.97. The molecule has 1 unspecified atom stereocenters. The predicted molar refractivity (Wildman–Crippen MR) is 97.0 cm³/mol. The average Bonchev–Trinajstić information content (AvgIpc) is 3.17. The van der Waals surface area contributed by atoms with Gasteiger partial charge >= 0.3 is 0 Å². The molecule has 1 amide bonds. The number of carbonyl (C=O) groups is 1. The minimum atomic E-state index is -3.86. The number of thiophene rings is 1. The molecule has 2 aromatic rings. The molecule has 1 heterocycles. The van der Waals surface area contributed by atoms with Crippen LogP contribution in [0.1, 0.15) is 30.9 Å². The van der Waals surface area contributed by atoms with Crippen molar-refractivity contribution in [1.82, 2.24) is 4.72 Å². The molecule has 3 N–H and O–H groups in total. The number of carbonyl (C=O) groups excluding carboxylic acids is 1. The van der Waals surface area contributed by atoms with E-state index >= 15 is 0 Å². The lowest BCUT2D eigenvalue weighted by molar-refractivity contribution is -0.120. The molecule has 1 atom stereocenters. The van der Waals surface area contributed by atoms with Crippen molar-refractivity contribution in [2.24, 2.45) is 0 Å². The molecule has 1 aliphatic rings. The van der Waals surface area contributed by atoms with Gasteiger partial charge in [0.1, 0.15) is 9.93 Å². The second kappa shape index (κ2) is 6.87. The number of hydrogen-bond donors (Lipinski definition) is 3. The number of anilines is 1. The molecule has 6 nitrogen and oxygen atoms in total. The number of nitrogens with one attached hydrogen (secondary N) is 2. The van der Waals surface area contributed by atoms with Crippen molar-refractivity contribution < 1.29 is 18.3 Å². The Balaban J connectivity index is 1.67. The van der Waals surface area contributed by atoms with Gasteiger partial charge in [-0.1, -0.05) is 18.2 Å². The van der Waals surface area contributed by atoms with E-state index in [9.17, 15) is 18.3 Å². The molecular weight excluding hydrogens is 360 g/mol. The van der Waals surface area contributed by atoms with E-state index in [1.807, 2.05) is 18.2 Å². The van der Waals surface area contributed by atoms with Crippen molar-refractivity contribution >= 4 is 33.0 Å². The summed E-state index contributed by atoms with van der Waals surface area (Å²) in [5.74, 6) is -0.445. The van der Waals surface area contributed by atoms with Crippen LogP contribution < -0.4 is 10.0 Å². The van der Waals surface area contributed by atoms with Crippen molar-refractivity contribution in [3.05, 3.63) is 46.8 Å². The van der Waals surface area contributed by atoms with Crippen molar-refractivity contribution in [2.75, 3.05) is 5.32 Å². The first kappa shape index (κ1) is 18.1. The third-order valence-electron chi connectivity index (χ3n) is 4.04. The summed E-state index contributed by atoms with van der Waals surface area (Å²) in [6.07, 6.45) is 2.58. The molecule has 0 spiro atoms. The number of benzene rings is 1. The van der Waals surface area contributed by atoms with E-state index in [1.54, 1.807) is 11.4 Å². The Bertz CT molecular complexity index is 874. The van der Waals surface area contributed by atoms with E-state index in [4.69, 9.17) is 0 Å². The zero-order valence-electron chi connectivity index (χ0n) is 13.8. The lowest BCUT2D eigenvalue weighted by Crippen LogP contribution is -2.47. The monoisotopic (exact) mass is 380 g/mol. The first-order valence-corrected chi connectivity index (χ1v) is 10.3. The summed E-state index contributed by atoms with van der Waals surface area (Å²) in [4.78, 5) is 12.3. The quantitative estimate of drug-likeness (QED) is 0.670. The van der Waals surface area contributed by atoms with Crippen molar-refractivity contribution in [1.29, 1.82) is 0 Å². The van der Waals surface area contributed by atoms with Crippen LogP contribution in [-0.4, -0.2) is 25.2 Å². The fourth-order valence-electron chi connectivity index (χ4n) is 3.04. The molecule has 134 valence electrons. The third-order valence-corrected chi connectivity index (χ3v) is 7.02. The van der Waals surface area contributed by atoms with Crippen LogP contribution in [0.4, 0.5) is 5.69 Å². The van der Waals surface area contributed by atoms with Crippen molar-refractivity contribution in [3.63, 3.8) is 0 Å². The van der Waals surface area contributed by atoms with Crippen LogP contribution in [0.15, 0.2) is 39.9 Å².